The average molecular weight is 210 g/mol. The standard InChI is InChI=1S/C13H10N2O/c1-16-13-8-6-11(10-15-13)5-7-12-4-2-3-9-14-12/h2-4,6,8-10H,1H3. The first-order valence-electron chi connectivity index (χ1n) is 4.81. The Labute approximate surface area is 94.1 Å². The molecule has 3 nitrogen and oxygen atoms in total. The van der Waals surface area contributed by atoms with Crippen molar-refractivity contribution >= 4 is 0 Å². The fourth-order valence-electron chi connectivity index (χ4n) is 1.15. The van der Waals surface area contributed by atoms with Gasteiger partial charge < -0.3 is 4.74 Å². The topological polar surface area (TPSA) is 35.0 Å². The molecular weight excluding hydrogens is 200 g/mol. The first kappa shape index (κ1) is 10.2. The molecular formula is C13H10N2O. The molecule has 0 unspecified atom stereocenters. The summed E-state index contributed by atoms with van der Waals surface area (Å²) in [6, 6.07) is 9.28. The Morgan fingerprint density at radius 1 is 1.06 bits per heavy atom. The monoisotopic (exact) mass is 210 g/mol. The van der Waals surface area contributed by atoms with E-state index in [1.165, 1.54) is 0 Å². The van der Waals surface area contributed by atoms with Gasteiger partial charge >= 0.3 is 0 Å². The van der Waals surface area contributed by atoms with Gasteiger partial charge in [-0.1, -0.05) is 12.0 Å². The SMILES string of the molecule is COc1ccc(C#Cc2ccccn2)cn1. The Bertz CT molecular complexity index is 509. The number of nitrogens with zero attached hydrogens (tertiary/aromatic N) is 2. The number of aromatic nitrogens is 2. The number of hydrogen-bond donors (Lipinski definition) is 0. The average Bonchev–Trinajstić information content (AvgIpc) is 2.38. The molecule has 0 aliphatic rings. The summed E-state index contributed by atoms with van der Waals surface area (Å²) in [6.45, 7) is 0. The minimum atomic E-state index is 0.586. The fraction of sp³-hybridized carbons (Fsp3) is 0.0769. The first-order chi connectivity index (χ1) is 7.88. The van der Waals surface area contributed by atoms with E-state index in [-0.39, 0.29) is 0 Å². The minimum absolute atomic E-state index is 0.586. The summed E-state index contributed by atoms with van der Waals surface area (Å²) in [7, 11) is 1.58. The summed E-state index contributed by atoms with van der Waals surface area (Å²) in [5.74, 6) is 6.52. The summed E-state index contributed by atoms with van der Waals surface area (Å²) in [5.41, 5.74) is 1.59. The quantitative estimate of drug-likeness (QED) is 0.674. The van der Waals surface area contributed by atoms with Gasteiger partial charge in [-0.2, -0.15) is 0 Å². The van der Waals surface area contributed by atoms with Crippen molar-refractivity contribution in [2.75, 3.05) is 7.11 Å². The molecule has 16 heavy (non-hydrogen) atoms. The maximum absolute atomic E-state index is 4.96. The Hall–Kier alpha value is -2.34. The molecule has 2 rings (SSSR count). The van der Waals surface area contributed by atoms with Crippen LogP contribution in [-0.2, 0) is 0 Å². The molecule has 0 saturated carbocycles. The summed E-state index contributed by atoms with van der Waals surface area (Å²) in [6.07, 6.45) is 3.39. The third-order valence-electron chi connectivity index (χ3n) is 1.95. The van der Waals surface area contributed by atoms with Gasteiger partial charge in [0.2, 0.25) is 5.88 Å². The highest BCUT2D eigenvalue weighted by molar-refractivity contribution is 5.39. The van der Waals surface area contributed by atoms with Gasteiger partial charge in [0.15, 0.2) is 0 Å². The molecule has 0 radical (unpaired) electrons. The van der Waals surface area contributed by atoms with Crippen LogP contribution in [0.5, 0.6) is 5.88 Å². The van der Waals surface area contributed by atoms with E-state index >= 15 is 0 Å². The molecule has 0 saturated heterocycles. The zero-order chi connectivity index (χ0) is 11.2. The van der Waals surface area contributed by atoms with Gasteiger partial charge in [-0.3, -0.25) is 0 Å². The van der Waals surface area contributed by atoms with E-state index in [1.54, 1.807) is 25.6 Å². The van der Waals surface area contributed by atoms with Crippen LogP contribution in [0.2, 0.25) is 0 Å². The van der Waals surface area contributed by atoms with E-state index in [0.29, 0.717) is 5.88 Å². The number of hydrogen-bond acceptors (Lipinski definition) is 3. The Kier molecular flexibility index (Phi) is 3.15. The van der Waals surface area contributed by atoms with Crippen molar-refractivity contribution in [2.45, 2.75) is 0 Å². The van der Waals surface area contributed by atoms with Crippen LogP contribution in [0.25, 0.3) is 0 Å². The molecule has 0 amide bonds. The normalized spacial score (nSPS) is 9.06. The van der Waals surface area contributed by atoms with Gasteiger partial charge in [-0.15, -0.1) is 0 Å². The molecule has 3 heteroatoms. The second-order valence-electron chi connectivity index (χ2n) is 3.05. The van der Waals surface area contributed by atoms with Gasteiger partial charge in [0.25, 0.3) is 0 Å². The molecule has 0 aromatic carbocycles. The summed E-state index contributed by atoms with van der Waals surface area (Å²) < 4.78 is 4.96. The zero-order valence-corrected chi connectivity index (χ0v) is 8.84. The molecule has 0 bridgehead atoms. The molecule has 0 atom stereocenters. The Morgan fingerprint density at radius 2 is 2.00 bits per heavy atom. The lowest BCUT2D eigenvalue weighted by Crippen LogP contribution is -1.87. The maximum atomic E-state index is 4.96. The maximum Gasteiger partial charge on any atom is 0.212 e. The van der Waals surface area contributed by atoms with Crippen LogP contribution in [0.15, 0.2) is 42.7 Å². The highest BCUT2D eigenvalue weighted by Crippen LogP contribution is 2.05. The van der Waals surface area contributed by atoms with E-state index in [4.69, 9.17) is 4.74 Å². The third kappa shape index (κ3) is 2.58. The van der Waals surface area contributed by atoms with E-state index in [9.17, 15) is 0 Å². The highest BCUT2D eigenvalue weighted by atomic mass is 16.5. The van der Waals surface area contributed by atoms with Gasteiger partial charge in [0.05, 0.1) is 7.11 Å². The summed E-state index contributed by atoms with van der Waals surface area (Å²) in [5, 5.41) is 0. The second kappa shape index (κ2) is 4.94. The molecule has 0 spiro atoms. The molecule has 2 heterocycles. The number of pyridine rings is 2. The number of methoxy groups -OCH3 is 1. The lowest BCUT2D eigenvalue weighted by Gasteiger charge is -1.96. The van der Waals surface area contributed by atoms with Crippen LogP contribution in [-0.4, -0.2) is 17.1 Å². The van der Waals surface area contributed by atoms with Crippen LogP contribution in [0.3, 0.4) is 0 Å². The third-order valence-corrected chi connectivity index (χ3v) is 1.95. The fourth-order valence-corrected chi connectivity index (χ4v) is 1.15. The smallest absolute Gasteiger partial charge is 0.212 e. The van der Waals surface area contributed by atoms with Crippen molar-refractivity contribution in [3.05, 3.63) is 54.0 Å². The summed E-state index contributed by atoms with van der Waals surface area (Å²) >= 11 is 0. The van der Waals surface area contributed by atoms with Crippen LogP contribution >= 0.6 is 0 Å². The first-order valence-corrected chi connectivity index (χ1v) is 4.81. The van der Waals surface area contributed by atoms with E-state index in [0.717, 1.165) is 11.3 Å². The van der Waals surface area contributed by atoms with Crippen molar-refractivity contribution in [1.82, 2.24) is 9.97 Å². The number of rotatable bonds is 1. The molecule has 0 fully saturated rings. The molecule has 2 aromatic heterocycles. The lowest BCUT2D eigenvalue weighted by molar-refractivity contribution is 0.398. The molecule has 2 aromatic rings. The van der Waals surface area contributed by atoms with Crippen molar-refractivity contribution in [2.24, 2.45) is 0 Å². The van der Waals surface area contributed by atoms with E-state index in [2.05, 4.69) is 21.8 Å². The van der Waals surface area contributed by atoms with Gasteiger partial charge in [-0.25, -0.2) is 9.97 Å². The second-order valence-corrected chi connectivity index (χ2v) is 3.05. The molecule has 78 valence electrons. The number of ether oxygens (including phenoxy) is 1. The van der Waals surface area contributed by atoms with Gasteiger partial charge in [0, 0.05) is 24.0 Å². The Balaban J connectivity index is 2.18. The van der Waals surface area contributed by atoms with Crippen molar-refractivity contribution in [3.8, 4) is 17.7 Å². The van der Waals surface area contributed by atoms with E-state index < -0.39 is 0 Å². The van der Waals surface area contributed by atoms with Crippen molar-refractivity contribution < 1.29 is 4.74 Å². The van der Waals surface area contributed by atoms with Gasteiger partial charge in [0.1, 0.15) is 5.69 Å². The lowest BCUT2D eigenvalue weighted by atomic mass is 10.2. The van der Waals surface area contributed by atoms with Crippen LogP contribution in [0.1, 0.15) is 11.3 Å². The predicted octanol–water partition coefficient (Wildman–Crippen LogP) is 1.89. The zero-order valence-electron chi connectivity index (χ0n) is 8.84. The largest absolute Gasteiger partial charge is 0.481 e. The molecule has 0 aliphatic carbocycles. The summed E-state index contributed by atoms with van der Waals surface area (Å²) in [4.78, 5) is 8.17. The van der Waals surface area contributed by atoms with Crippen molar-refractivity contribution in [1.29, 1.82) is 0 Å². The minimum Gasteiger partial charge on any atom is -0.481 e. The van der Waals surface area contributed by atoms with Crippen molar-refractivity contribution in [3.63, 3.8) is 0 Å². The highest BCUT2D eigenvalue weighted by Gasteiger charge is 1.91. The molecule has 0 N–H and O–H groups in total. The van der Waals surface area contributed by atoms with Gasteiger partial charge in [-0.05, 0) is 24.1 Å². The Morgan fingerprint density at radius 3 is 2.62 bits per heavy atom. The molecule has 0 aliphatic heterocycles. The predicted molar refractivity (Wildman–Crippen MR) is 61.0 cm³/mol. The van der Waals surface area contributed by atoms with E-state index in [1.807, 2.05) is 24.3 Å². The van der Waals surface area contributed by atoms with Crippen LogP contribution < -0.4 is 4.74 Å². The van der Waals surface area contributed by atoms with Crippen LogP contribution in [0, 0.1) is 11.8 Å². The van der Waals surface area contributed by atoms with Crippen LogP contribution in [0.4, 0.5) is 0 Å².